The third-order valence-corrected chi connectivity index (χ3v) is 3.48. The summed E-state index contributed by atoms with van der Waals surface area (Å²) in [7, 11) is 0. The van der Waals surface area contributed by atoms with Crippen LogP contribution in [0.4, 0.5) is 5.69 Å². The molecule has 0 saturated carbocycles. The van der Waals surface area contributed by atoms with E-state index in [0.29, 0.717) is 0 Å². The molecule has 2 rings (SSSR count). The third kappa shape index (κ3) is 3.71. The van der Waals surface area contributed by atoms with Gasteiger partial charge in [-0.1, -0.05) is 0 Å². The van der Waals surface area contributed by atoms with Gasteiger partial charge >= 0.3 is 115 Å². The van der Waals surface area contributed by atoms with Crippen LogP contribution in [0.5, 0.6) is 0 Å². The van der Waals surface area contributed by atoms with Gasteiger partial charge in [0, 0.05) is 0 Å². The molecule has 1 fully saturated rings. The number of aliphatic imine (C=N–C) groups is 1. The van der Waals surface area contributed by atoms with Gasteiger partial charge in [-0.25, -0.2) is 0 Å². The van der Waals surface area contributed by atoms with Crippen molar-refractivity contribution >= 4 is 38.0 Å². The van der Waals surface area contributed by atoms with E-state index in [-0.39, 0.29) is 0 Å². The first kappa shape index (κ1) is 12.9. The second-order valence-electron chi connectivity index (χ2n) is 3.98. The average Bonchev–Trinajstić information content (AvgIpc) is 2.28. The van der Waals surface area contributed by atoms with Crippen molar-refractivity contribution in [2.75, 3.05) is 26.3 Å². The van der Waals surface area contributed by atoms with E-state index in [4.69, 9.17) is 16.3 Å². The van der Waals surface area contributed by atoms with Gasteiger partial charge < -0.3 is 0 Å². The standard InChI is InChI=1S/C12H14ClN2OSe/c1-9-6-10(13)8-11(7-9)14-12(17)15-2-4-16-5-3-15/h6-8H,2-5H2,1H3. The molecule has 1 aromatic rings. The van der Waals surface area contributed by atoms with Crippen molar-refractivity contribution in [2.45, 2.75) is 6.92 Å². The number of halogens is 1. The van der Waals surface area contributed by atoms with Crippen LogP contribution in [-0.4, -0.2) is 51.9 Å². The Morgan fingerprint density at radius 2 is 2.06 bits per heavy atom. The molecular weight excluding hydrogens is 303 g/mol. The molecule has 1 radical (unpaired) electrons. The van der Waals surface area contributed by atoms with E-state index in [9.17, 15) is 0 Å². The average molecular weight is 317 g/mol. The molecule has 0 atom stereocenters. The van der Waals surface area contributed by atoms with E-state index < -0.39 is 0 Å². The predicted molar refractivity (Wildman–Crippen MR) is 71.4 cm³/mol. The van der Waals surface area contributed by atoms with Crippen LogP contribution in [0.15, 0.2) is 23.2 Å². The Labute approximate surface area is 115 Å². The molecule has 0 spiro atoms. The summed E-state index contributed by atoms with van der Waals surface area (Å²) in [6.45, 7) is 5.29. The minimum atomic E-state index is 0.721. The van der Waals surface area contributed by atoms with Crippen LogP contribution >= 0.6 is 11.6 Å². The maximum absolute atomic E-state index is 6.01. The van der Waals surface area contributed by atoms with E-state index >= 15 is 0 Å². The van der Waals surface area contributed by atoms with Crippen molar-refractivity contribution < 1.29 is 4.74 Å². The molecule has 1 heterocycles. The van der Waals surface area contributed by atoms with Crippen molar-refractivity contribution in [3.05, 3.63) is 28.8 Å². The summed E-state index contributed by atoms with van der Waals surface area (Å²) in [5.41, 5.74) is 2.00. The van der Waals surface area contributed by atoms with Gasteiger partial charge in [0.05, 0.1) is 0 Å². The predicted octanol–water partition coefficient (Wildman–Crippen LogP) is 2.14. The van der Waals surface area contributed by atoms with Crippen LogP contribution in [0.1, 0.15) is 5.56 Å². The first-order chi connectivity index (χ1) is 8.15. The van der Waals surface area contributed by atoms with E-state index in [1.807, 2.05) is 25.1 Å². The van der Waals surface area contributed by atoms with Gasteiger partial charge in [0.1, 0.15) is 0 Å². The fourth-order valence-electron chi connectivity index (χ4n) is 1.72. The number of aryl methyl sites for hydroxylation is 1. The first-order valence-corrected chi connectivity index (χ1v) is 6.74. The van der Waals surface area contributed by atoms with Crippen molar-refractivity contribution in [1.82, 2.24) is 4.90 Å². The molecule has 0 amide bonds. The van der Waals surface area contributed by atoms with Crippen molar-refractivity contribution in [1.29, 1.82) is 0 Å². The van der Waals surface area contributed by atoms with Crippen molar-refractivity contribution in [3.8, 4) is 0 Å². The summed E-state index contributed by atoms with van der Waals surface area (Å²) in [6, 6.07) is 5.81. The van der Waals surface area contributed by atoms with Gasteiger partial charge in [0.15, 0.2) is 0 Å². The molecule has 91 valence electrons. The number of nitrogens with zero attached hydrogens (tertiary/aromatic N) is 2. The second kappa shape index (κ2) is 5.87. The van der Waals surface area contributed by atoms with Gasteiger partial charge in [-0.2, -0.15) is 0 Å². The van der Waals surface area contributed by atoms with Gasteiger partial charge in [0.2, 0.25) is 0 Å². The topological polar surface area (TPSA) is 24.8 Å². The number of rotatable bonds is 1. The molecule has 5 heteroatoms. The molecule has 0 bridgehead atoms. The van der Waals surface area contributed by atoms with Gasteiger partial charge in [0.25, 0.3) is 0 Å². The van der Waals surface area contributed by atoms with Gasteiger partial charge in [-0.05, 0) is 0 Å². The monoisotopic (exact) mass is 317 g/mol. The van der Waals surface area contributed by atoms with E-state index in [1.54, 1.807) is 0 Å². The van der Waals surface area contributed by atoms with Crippen molar-refractivity contribution in [2.24, 2.45) is 4.99 Å². The van der Waals surface area contributed by atoms with Crippen LogP contribution in [0.25, 0.3) is 0 Å². The van der Waals surface area contributed by atoms with Crippen LogP contribution in [-0.2, 0) is 4.74 Å². The fraction of sp³-hybridized carbons (Fsp3) is 0.417. The Morgan fingerprint density at radius 1 is 1.35 bits per heavy atom. The number of amidine groups is 1. The van der Waals surface area contributed by atoms with Gasteiger partial charge in [-0.15, -0.1) is 0 Å². The SMILES string of the molecule is Cc1cc(Cl)cc(N=C([Se])N2CCOCC2)c1. The molecule has 3 nitrogen and oxygen atoms in total. The molecule has 0 aromatic heterocycles. The second-order valence-corrected chi connectivity index (χ2v) is 5.18. The van der Waals surface area contributed by atoms with Crippen LogP contribution in [0, 0.1) is 6.92 Å². The summed E-state index contributed by atoms with van der Waals surface area (Å²) in [4.78, 5) is 6.73. The Kier molecular flexibility index (Phi) is 4.46. The number of hydrogen-bond acceptors (Lipinski definition) is 2. The van der Waals surface area contributed by atoms with Crippen molar-refractivity contribution in [3.63, 3.8) is 0 Å². The van der Waals surface area contributed by atoms with Crippen LogP contribution in [0.2, 0.25) is 5.02 Å². The molecule has 1 aromatic carbocycles. The number of hydrogen-bond donors (Lipinski definition) is 0. The zero-order valence-electron chi connectivity index (χ0n) is 9.65. The number of ether oxygens (including phenoxy) is 1. The summed E-state index contributed by atoms with van der Waals surface area (Å²) >= 11 is 9.02. The Balaban J connectivity index is 2.16. The third-order valence-electron chi connectivity index (χ3n) is 2.53. The fourth-order valence-corrected chi connectivity index (χ4v) is 2.61. The Hall–Kier alpha value is -0.541. The molecular formula is C12H14ClN2OSe. The molecule has 0 N–H and O–H groups in total. The van der Waals surface area contributed by atoms with E-state index in [1.165, 1.54) is 0 Å². The summed E-state index contributed by atoms with van der Waals surface area (Å²) in [5.74, 6) is 0. The normalized spacial score (nSPS) is 17.3. The quantitative estimate of drug-likeness (QED) is 0.450. The van der Waals surface area contributed by atoms with Crippen LogP contribution in [0.3, 0.4) is 0 Å². The first-order valence-electron chi connectivity index (χ1n) is 5.51. The molecule has 0 unspecified atom stereocenters. The minimum absolute atomic E-state index is 0.721. The number of morpholine rings is 1. The zero-order chi connectivity index (χ0) is 12.3. The molecule has 1 aliphatic heterocycles. The number of benzene rings is 1. The maximum atomic E-state index is 6.01. The summed E-state index contributed by atoms with van der Waals surface area (Å²) in [5, 5.41) is 0.721. The van der Waals surface area contributed by atoms with E-state index in [2.05, 4.69) is 25.9 Å². The molecule has 0 aliphatic carbocycles. The molecule has 1 saturated heterocycles. The molecule has 17 heavy (non-hydrogen) atoms. The Morgan fingerprint density at radius 3 is 2.71 bits per heavy atom. The summed E-state index contributed by atoms with van der Waals surface area (Å²) < 4.78 is 6.20. The van der Waals surface area contributed by atoms with E-state index in [0.717, 1.165) is 47.3 Å². The molecule has 1 aliphatic rings. The van der Waals surface area contributed by atoms with Crippen LogP contribution < -0.4 is 0 Å². The summed E-state index contributed by atoms with van der Waals surface area (Å²) in [6.07, 6.45) is 0. The van der Waals surface area contributed by atoms with Gasteiger partial charge in [-0.3, -0.25) is 0 Å². The Bertz CT molecular complexity index is 410. The zero-order valence-corrected chi connectivity index (χ0v) is 12.1.